The molecule has 0 aliphatic rings. The molecular formula is C34H44Cl2Se3Si4. The predicted molar refractivity (Wildman–Crippen MR) is 209 cm³/mol. The first-order valence-electron chi connectivity index (χ1n) is 14.8. The second-order valence-electron chi connectivity index (χ2n) is 13.4. The zero-order chi connectivity index (χ0) is 31.6. The zero-order valence-electron chi connectivity index (χ0n) is 26.5. The normalized spacial score (nSPS) is 13.6. The van der Waals surface area contributed by atoms with E-state index >= 15 is 0 Å². The van der Waals surface area contributed by atoms with Crippen molar-refractivity contribution in [1.82, 2.24) is 0 Å². The van der Waals surface area contributed by atoms with Crippen LogP contribution >= 0.6 is 23.2 Å². The van der Waals surface area contributed by atoms with Gasteiger partial charge in [0.1, 0.15) is 0 Å². The summed E-state index contributed by atoms with van der Waals surface area (Å²) < 4.78 is -0.377. The van der Waals surface area contributed by atoms with E-state index in [2.05, 4.69) is 174 Å². The molecule has 0 nitrogen and oxygen atoms in total. The third kappa shape index (κ3) is 6.68. The molecule has 0 saturated carbocycles. The van der Waals surface area contributed by atoms with Gasteiger partial charge in [-0.05, 0) is 0 Å². The number of hydrogen-bond donors (Lipinski definition) is 0. The molecule has 0 atom stereocenters. The van der Waals surface area contributed by atoms with Gasteiger partial charge in [-0.25, -0.2) is 0 Å². The molecule has 0 bridgehead atoms. The number of rotatable bonds is 12. The fraction of sp³-hybridized carbons (Fsp3) is 0.294. The molecule has 43 heavy (non-hydrogen) atoms. The molecule has 228 valence electrons. The Hall–Kier alpha value is -0.114. The van der Waals surface area contributed by atoms with Gasteiger partial charge in [0.25, 0.3) is 0 Å². The Morgan fingerprint density at radius 3 is 0.744 bits per heavy atom. The third-order valence-corrected chi connectivity index (χ3v) is 76.9. The van der Waals surface area contributed by atoms with E-state index in [1.807, 2.05) is 0 Å². The van der Waals surface area contributed by atoms with Crippen molar-refractivity contribution in [2.45, 2.75) is 58.4 Å². The molecule has 0 N–H and O–H groups in total. The van der Waals surface area contributed by atoms with E-state index in [-0.39, 0.29) is 32.3 Å². The van der Waals surface area contributed by atoms with Crippen LogP contribution in [0.15, 0.2) is 121 Å². The van der Waals surface area contributed by atoms with Gasteiger partial charge in [0.2, 0.25) is 0 Å². The van der Waals surface area contributed by atoms with Crippen LogP contribution in [0.25, 0.3) is 0 Å². The maximum atomic E-state index is 8.34. The minimum atomic E-state index is -2.11. The van der Waals surface area contributed by atoms with Crippen LogP contribution in [0.5, 0.6) is 0 Å². The minimum absolute atomic E-state index is 0.188. The number of alkyl halides is 2. The molecule has 0 aromatic heterocycles. The molecule has 4 aromatic rings. The molecule has 0 amide bonds. The van der Waals surface area contributed by atoms with E-state index in [1.54, 1.807) is 0 Å². The molecule has 0 saturated heterocycles. The van der Waals surface area contributed by atoms with Crippen LogP contribution in [0.1, 0.15) is 0 Å². The summed E-state index contributed by atoms with van der Waals surface area (Å²) in [6.07, 6.45) is 0. The second kappa shape index (κ2) is 13.9. The Balaban J connectivity index is 1.80. The topological polar surface area (TPSA) is 0 Å². The van der Waals surface area contributed by atoms with Crippen LogP contribution < -0.4 is 20.7 Å². The van der Waals surface area contributed by atoms with Crippen LogP contribution in [0.4, 0.5) is 0 Å². The molecule has 0 fully saturated rings. The van der Waals surface area contributed by atoms with Crippen molar-refractivity contribution in [3.05, 3.63) is 121 Å². The summed E-state index contributed by atoms with van der Waals surface area (Å²) in [5.41, 5.74) is 0. The summed E-state index contributed by atoms with van der Waals surface area (Å²) in [4.78, 5) is 0. The predicted octanol–water partition coefficient (Wildman–Crippen LogP) is 6.42. The molecule has 0 unspecified atom stereocenters. The molecule has 4 aromatic carbocycles. The Kier molecular flexibility index (Phi) is 11.6. The zero-order valence-corrected chi connectivity index (χ0v) is 37.2. The Morgan fingerprint density at radius 1 is 0.372 bits per heavy atom. The van der Waals surface area contributed by atoms with E-state index in [0.717, 1.165) is 0 Å². The summed E-state index contributed by atoms with van der Waals surface area (Å²) in [5.74, 6) is 0. The fourth-order valence-electron chi connectivity index (χ4n) is 6.25. The molecule has 0 heterocycles. The summed E-state index contributed by atoms with van der Waals surface area (Å²) in [6, 6.07) is 44.9. The van der Waals surface area contributed by atoms with Gasteiger partial charge in [-0.1, -0.05) is 0 Å². The van der Waals surface area contributed by atoms with E-state index in [1.165, 1.54) is 20.7 Å². The van der Waals surface area contributed by atoms with Gasteiger partial charge < -0.3 is 0 Å². The van der Waals surface area contributed by atoms with Gasteiger partial charge >= 0.3 is 294 Å². The number of benzene rings is 4. The molecule has 0 aliphatic heterocycles. The van der Waals surface area contributed by atoms with Crippen LogP contribution in [0.3, 0.4) is 0 Å². The van der Waals surface area contributed by atoms with Crippen LogP contribution in [-0.4, -0.2) is 75.9 Å². The van der Waals surface area contributed by atoms with E-state index in [9.17, 15) is 0 Å². The van der Waals surface area contributed by atoms with Gasteiger partial charge in [-0.15, -0.1) is 0 Å². The average Bonchev–Trinajstić information content (AvgIpc) is 3.02. The Morgan fingerprint density at radius 2 is 0.558 bits per heavy atom. The van der Waals surface area contributed by atoms with E-state index in [4.69, 9.17) is 23.2 Å². The monoisotopic (exact) mass is 874 g/mol. The van der Waals surface area contributed by atoms with Crippen molar-refractivity contribution >= 4 is 114 Å². The standard InChI is InChI=1S/C34H44Cl2Se3Si4/c1-40(2,29-21-13-9-14-22-29)33(35,41(3,4)30-23-15-10-16-24-30)37-39-38-34(36,42(5,6)31-25-17-11-18-26-31)43(7,8)32-27-19-12-20-28-32/h9-28H,1-8H3. The van der Waals surface area contributed by atoms with Gasteiger partial charge in [0, 0.05) is 0 Å². The van der Waals surface area contributed by atoms with Crippen molar-refractivity contribution in [3.63, 3.8) is 0 Å². The van der Waals surface area contributed by atoms with Gasteiger partial charge in [0.15, 0.2) is 0 Å². The van der Waals surface area contributed by atoms with Gasteiger partial charge in [-0.3, -0.25) is 0 Å². The summed E-state index contributed by atoms with van der Waals surface area (Å²) >= 11 is 17.6. The van der Waals surface area contributed by atoms with Crippen LogP contribution in [0.2, 0.25) is 52.4 Å². The number of hydrogen-bond acceptors (Lipinski definition) is 0. The van der Waals surface area contributed by atoms with Gasteiger partial charge in [0.05, 0.1) is 0 Å². The van der Waals surface area contributed by atoms with Crippen molar-refractivity contribution in [3.8, 4) is 0 Å². The van der Waals surface area contributed by atoms with Crippen LogP contribution in [-0.2, 0) is 0 Å². The molecule has 0 spiro atoms. The summed E-state index contributed by atoms with van der Waals surface area (Å²) in [7, 11) is -8.43. The van der Waals surface area contributed by atoms with Gasteiger partial charge in [-0.2, -0.15) is 0 Å². The third-order valence-electron chi connectivity index (χ3n) is 9.50. The maximum absolute atomic E-state index is 8.34. The van der Waals surface area contributed by atoms with Crippen molar-refractivity contribution in [2.24, 2.45) is 0 Å². The second-order valence-corrected chi connectivity index (χ2v) is 55.7. The van der Waals surface area contributed by atoms with Crippen molar-refractivity contribution < 1.29 is 0 Å². The Labute approximate surface area is 290 Å². The Bertz CT molecular complexity index is 1250. The first-order valence-corrected chi connectivity index (χ1v) is 37.9. The number of halogens is 2. The average molecular weight is 873 g/mol. The molecule has 4 rings (SSSR count). The SMILES string of the molecule is C[Si](C)(c1ccccc1)C(Cl)([Se][Se][Se]C(Cl)([Si](C)(C)c1ccccc1)[Si](C)(C)c1ccccc1)[Si](C)(C)c1ccccc1. The quantitative estimate of drug-likeness (QED) is 0.114. The first kappa shape index (κ1) is 35.7. The van der Waals surface area contributed by atoms with E-state index in [0.29, 0.717) is 11.3 Å². The summed E-state index contributed by atoms with van der Waals surface area (Å²) in [5, 5.41) is 5.90. The fourth-order valence-corrected chi connectivity index (χ4v) is 105. The molecular weight excluding hydrogens is 829 g/mol. The molecule has 0 radical (unpaired) electrons. The molecule has 9 heteroatoms. The van der Waals surface area contributed by atoms with Crippen molar-refractivity contribution in [2.75, 3.05) is 0 Å². The molecule has 0 aliphatic carbocycles. The van der Waals surface area contributed by atoms with Crippen molar-refractivity contribution in [1.29, 1.82) is 0 Å². The first-order chi connectivity index (χ1) is 20.1. The van der Waals surface area contributed by atoms with E-state index < -0.39 is 32.3 Å². The summed E-state index contributed by atoms with van der Waals surface area (Å²) in [6.45, 7) is 20.3. The van der Waals surface area contributed by atoms with Crippen LogP contribution in [0, 0.1) is 0 Å².